The van der Waals surface area contributed by atoms with Gasteiger partial charge in [-0.2, -0.15) is 18.2 Å². The van der Waals surface area contributed by atoms with Crippen molar-refractivity contribution in [2.45, 2.75) is 17.0 Å². The molecule has 0 radical (unpaired) electrons. The molecule has 0 aliphatic heterocycles. The molecule has 0 spiro atoms. The van der Waals surface area contributed by atoms with Gasteiger partial charge in [0.2, 0.25) is 11.7 Å². The fraction of sp³-hybridized carbons (Fsp3) is 0.125. The van der Waals surface area contributed by atoms with E-state index in [9.17, 15) is 13.2 Å². The largest absolute Gasteiger partial charge is 0.416 e. The van der Waals surface area contributed by atoms with Crippen molar-refractivity contribution in [2.24, 2.45) is 0 Å². The van der Waals surface area contributed by atoms with Crippen molar-refractivity contribution in [2.75, 3.05) is 0 Å². The average Bonchev–Trinajstić information content (AvgIpc) is 3.29. The summed E-state index contributed by atoms with van der Waals surface area (Å²) in [6, 6.07) is 6.55. The molecule has 0 aliphatic rings. The quantitative estimate of drug-likeness (QED) is 0.356. The highest BCUT2D eigenvalue weighted by Crippen LogP contribution is 2.32. The van der Waals surface area contributed by atoms with Crippen LogP contribution in [0.3, 0.4) is 0 Å². The fourth-order valence-electron chi connectivity index (χ4n) is 2.24. The minimum absolute atomic E-state index is 0.248. The highest BCUT2D eigenvalue weighted by atomic mass is 32.2. The topological polar surface area (TPSA) is 64.7 Å². The van der Waals surface area contributed by atoms with E-state index < -0.39 is 11.7 Å². The fourth-order valence-corrected chi connectivity index (χ4v) is 4.02. The molecule has 132 valence electrons. The minimum atomic E-state index is -4.37. The van der Waals surface area contributed by atoms with Crippen LogP contribution in [-0.2, 0) is 11.9 Å². The molecule has 0 saturated heterocycles. The summed E-state index contributed by atoms with van der Waals surface area (Å²) < 4.78 is 44.0. The molecule has 3 aromatic heterocycles. The van der Waals surface area contributed by atoms with Crippen molar-refractivity contribution in [1.29, 1.82) is 0 Å². The van der Waals surface area contributed by atoms with Gasteiger partial charge in [0.1, 0.15) is 11.4 Å². The maximum absolute atomic E-state index is 12.6. The number of halogens is 3. The van der Waals surface area contributed by atoms with Crippen molar-refractivity contribution in [3.63, 3.8) is 0 Å². The van der Waals surface area contributed by atoms with Crippen LogP contribution in [-0.4, -0.2) is 20.1 Å². The Morgan fingerprint density at radius 1 is 1.08 bits per heavy atom. The number of benzene rings is 1. The molecule has 0 aliphatic carbocycles. The highest BCUT2D eigenvalue weighted by Gasteiger charge is 2.30. The molecule has 0 unspecified atom stereocenters. The van der Waals surface area contributed by atoms with E-state index in [0.717, 1.165) is 27.4 Å². The summed E-state index contributed by atoms with van der Waals surface area (Å²) in [5, 5.41) is 6.59. The number of alkyl halides is 3. The summed E-state index contributed by atoms with van der Waals surface area (Å²) in [7, 11) is 0. The summed E-state index contributed by atoms with van der Waals surface area (Å²) in [5.41, 5.74) is 0.619. The summed E-state index contributed by atoms with van der Waals surface area (Å²) in [4.78, 5) is 12.7. The molecule has 26 heavy (non-hydrogen) atoms. The number of rotatable bonds is 4. The van der Waals surface area contributed by atoms with Gasteiger partial charge in [-0.3, -0.25) is 0 Å². The van der Waals surface area contributed by atoms with Gasteiger partial charge in [-0.05, 0) is 23.6 Å². The third kappa shape index (κ3) is 3.42. The van der Waals surface area contributed by atoms with Crippen LogP contribution in [0.4, 0.5) is 13.2 Å². The molecule has 0 N–H and O–H groups in total. The van der Waals surface area contributed by atoms with Crippen molar-refractivity contribution in [3.8, 4) is 11.4 Å². The lowest BCUT2D eigenvalue weighted by atomic mass is 10.1. The predicted octanol–water partition coefficient (Wildman–Crippen LogP) is 5.05. The van der Waals surface area contributed by atoms with Gasteiger partial charge in [0.15, 0.2) is 0 Å². The van der Waals surface area contributed by atoms with E-state index in [0.29, 0.717) is 17.2 Å². The molecule has 5 nitrogen and oxygen atoms in total. The smallest absolute Gasteiger partial charge is 0.338 e. The van der Waals surface area contributed by atoms with E-state index in [1.54, 1.807) is 11.3 Å². The number of nitrogens with zero attached hydrogens (tertiary/aromatic N) is 4. The van der Waals surface area contributed by atoms with E-state index >= 15 is 0 Å². The second-order valence-corrected chi connectivity index (χ2v) is 7.07. The highest BCUT2D eigenvalue weighted by molar-refractivity contribution is 7.98. The second kappa shape index (κ2) is 6.69. The molecule has 0 amide bonds. The van der Waals surface area contributed by atoms with E-state index in [1.807, 2.05) is 11.4 Å². The Bertz CT molecular complexity index is 1040. The first-order valence-corrected chi connectivity index (χ1v) is 9.18. The molecule has 4 rings (SSSR count). The number of thiophene rings is 1. The first kappa shape index (κ1) is 17.0. The van der Waals surface area contributed by atoms with Gasteiger partial charge in [-0.15, -0.1) is 11.3 Å². The molecule has 0 saturated carbocycles. The van der Waals surface area contributed by atoms with E-state index in [4.69, 9.17) is 4.52 Å². The van der Waals surface area contributed by atoms with E-state index in [-0.39, 0.29) is 5.82 Å². The summed E-state index contributed by atoms with van der Waals surface area (Å²) in [6.07, 6.45) is -2.87. The summed E-state index contributed by atoms with van der Waals surface area (Å²) in [5.74, 6) is 1.02. The SMILES string of the molecule is FC(F)(F)c1ccc(-c2noc(CSc3ncnc4ccsc34)n2)cc1. The van der Waals surface area contributed by atoms with Gasteiger partial charge in [-0.25, -0.2) is 9.97 Å². The predicted molar refractivity (Wildman–Crippen MR) is 91.7 cm³/mol. The van der Waals surface area contributed by atoms with Crippen molar-refractivity contribution in [1.82, 2.24) is 20.1 Å². The Morgan fingerprint density at radius 3 is 2.65 bits per heavy atom. The number of fused-ring (bicyclic) bond motifs is 1. The normalized spacial score (nSPS) is 12.0. The molecule has 0 bridgehead atoms. The molecule has 4 aromatic rings. The molecule has 0 atom stereocenters. The molecular weight excluding hydrogens is 385 g/mol. The summed E-state index contributed by atoms with van der Waals surface area (Å²) >= 11 is 2.99. The Labute approximate surface area is 153 Å². The van der Waals surface area contributed by atoms with Crippen molar-refractivity contribution in [3.05, 3.63) is 53.5 Å². The monoisotopic (exact) mass is 394 g/mol. The van der Waals surface area contributed by atoms with E-state index in [1.165, 1.54) is 30.2 Å². The van der Waals surface area contributed by atoms with Crippen LogP contribution >= 0.6 is 23.1 Å². The Morgan fingerprint density at radius 2 is 1.88 bits per heavy atom. The molecular formula is C16H9F3N4OS2. The van der Waals surface area contributed by atoms with Gasteiger partial charge in [0.25, 0.3) is 0 Å². The lowest BCUT2D eigenvalue weighted by Crippen LogP contribution is -2.04. The third-order valence-corrected chi connectivity index (χ3v) is 5.50. The van der Waals surface area contributed by atoms with Gasteiger partial charge in [0, 0.05) is 5.56 Å². The maximum Gasteiger partial charge on any atom is 0.416 e. The zero-order valence-electron chi connectivity index (χ0n) is 12.9. The molecule has 0 fully saturated rings. The Hall–Kier alpha value is -2.46. The minimum Gasteiger partial charge on any atom is -0.338 e. The van der Waals surface area contributed by atoms with Crippen molar-refractivity contribution >= 4 is 33.3 Å². The number of hydrogen-bond acceptors (Lipinski definition) is 7. The van der Waals surface area contributed by atoms with Gasteiger partial charge < -0.3 is 4.52 Å². The van der Waals surface area contributed by atoms with Crippen LogP contribution in [0.15, 0.2) is 51.6 Å². The lowest BCUT2D eigenvalue weighted by Gasteiger charge is -2.05. The zero-order valence-corrected chi connectivity index (χ0v) is 14.5. The molecule has 10 heteroatoms. The van der Waals surface area contributed by atoms with Crippen LogP contribution in [0, 0.1) is 0 Å². The van der Waals surface area contributed by atoms with Gasteiger partial charge in [-0.1, -0.05) is 29.1 Å². The Balaban J connectivity index is 1.49. The first-order valence-electron chi connectivity index (χ1n) is 7.32. The number of aromatic nitrogens is 4. The van der Waals surface area contributed by atoms with E-state index in [2.05, 4.69) is 20.1 Å². The van der Waals surface area contributed by atoms with Crippen LogP contribution in [0.5, 0.6) is 0 Å². The van der Waals surface area contributed by atoms with Crippen LogP contribution in [0.1, 0.15) is 11.5 Å². The first-order chi connectivity index (χ1) is 12.5. The average molecular weight is 394 g/mol. The Kier molecular flexibility index (Phi) is 4.37. The van der Waals surface area contributed by atoms with Crippen molar-refractivity contribution < 1.29 is 17.7 Å². The lowest BCUT2D eigenvalue weighted by molar-refractivity contribution is -0.137. The zero-order chi connectivity index (χ0) is 18.1. The summed E-state index contributed by atoms with van der Waals surface area (Å²) in [6.45, 7) is 0. The van der Waals surface area contributed by atoms with Crippen LogP contribution in [0.25, 0.3) is 21.6 Å². The molecule has 1 aromatic carbocycles. The maximum atomic E-state index is 12.6. The van der Waals surface area contributed by atoms with Crippen LogP contribution in [0.2, 0.25) is 0 Å². The van der Waals surface area contributed by atoms with Gasteiger partial charge in [0.05, 0.1) is 21.5 Å². The molecule has 3 heterocycles. The number of thioether (sulfide) groups is 1. The number of hydrogen-bond donors (Lipinski definition) is 0. The standard InChI is InChI=1S/C16H9F3N4OS2/c17-16(18,19)10-3-1-9(2-4-10)14-22-12(24-23-14)7-26-15-13-11(5-6-25-13)20-8-21-15/h1-6,8H,7H2. The third-order valence-electron chi connectivity index (χ3n) is 3.48. The van der Waals surface area contributed by atoms with Gasteiger partial charge >= 0.3 is 6.18 Å². The van der Waals surface area contributed by atoms with Crippen LogP contribution < -0.4 is 0 Å². The second-order valence-electron chi connectivity index (χ2n) is 5.19.